The molecule has 1 fully saturated rings. The predicted molar refractivity (Wildman–Crippen MR) is 57.0 cm³/mol. The number of aliphatic hydroxyl groups excluding tert-OH is 1. The normalized spacial score (nSPS) is 28.1. The molecule has 2 nitrogen and oxygen atoms in total. The topological polar surface area (TPSA) is 23.5 Å². The van der Waals surface area contributed by atoms with Gasteiger partial charge in [-0.05, 0) is 24.9 Å². The molecular formula is C12H17NO. The molecule has 0 amide bonds. The molecule has 0 saturated carbocycles. The fourth-order valence-corrected chi connectivity index (χ4v) is 2.30. The SMILES string of the molecule is CN1C[C@@H](CO)C[C@@H]1c1ccccc1. The van der Waals surface area contributed by atoms with Crippen molar-refractivity contribution in [3.8, 4) is 0 Å². The number of hydrogen-bond acceptors (Lipinski definition) is 2. The van der Waals surface area contributed by atoms with Crippen molar-refractivity contribution in [2.24, 2.45) is 5.92 Å². The van der Waals surface area contributed by atoms with E-state index in [0.717, 1.165) is 13.0 Å². The van der Waals surface area contributed by atoms with E-state index in [1.807, 2.05) is 6.07 Å². The summed E-state index contributed by atoms with van der Waals surface area (Å²) in [5.41, 5.74) is 1.37. The van der Waals surface area contributed by atoms with Crippen molar-refractivity contribution in [1.82, 2.24) is 4.90 Å². The van der Waals surface area contributed by atoms with Crippen LogP contribution in [0.3, 0.4) is 0 Å². The molecule has 1 aliphatic heterocycles. The summed E-state index contributed by atoms with van der Waals surface area (Å²) >= 11 is 0. The smallest absolute Gasteiger partial charge is 0.0472 e. The molecule has 2 atom stereocenters. The van der Waals surface area contributed by atoms with E-state index in [1.54, 1.807) is 0 Å². The maximum Gasteiger partial charge on any atom is 0.0472 e. The van der Waals surface area contributed by atoms with Gasteiger partial charge in [0.05, 0.1) is 0 Å². The molecule has 14 heavy (non-hydrogen) atoms. The van der Waals surface area contributed by atoms with Gasteiger partial charge in [0.25, 0.3) is 0 Å². The average molecular weight is 191 g/mol. The second kappa shape index (κ2) is 4.11. The van der Waals surface area contributed by atoms with E-state index in [9.17, 15) is 0 Å². The van der Waals surface area contributed by atoms with Gasteiger partial charge in [0, 0.05) is 19.2 Å². The van der Waals surface area contributed by atoms with E-state index < -0.39 is 0 Å². The van der Waals surface area contributed by atoms with Crippen LogP contribution in [0, 0.1) is 5.92 Å². The Labute approximate surface area is 85.2 Å². The van der Waals surface area contributed by atoms with Crippen LogP contribution in [0.2, 0.25) is 0 Å². The fraction of sp³-hybridized carbons (Fsp3) is 0.500. The first-order valence-electron chi connectivity index (χ1n) is 5.17. The fourth-order valence-electron chi connectivity index (χ4n) is 2.30. The molecule has 0 aromatic heterocycles. The van der Waals surface area contributed by atoms with E-state index in [0.29, 0.717) is 18.6 Å². The molecule has 0 unspecified atom stereocenters. The highest BCUT2D eigenvalue weighted by Gasteiger charge is 2.29. The van der Waals surface area contributed by atoms with E-state index in [-0.39, 0.29) is 0 Å². The quantitative estimate of drug-likeness (QED) is 0.768. The molecule has 0 spiro atoms. The molecule has 0 bridgehead atoms. The Morgan fingerprint density at radius 1 is 1.36 bits per heavy atom. The Kier molecular flexibility index (Phi) is 2.85. The van der Waals surface area contributed by atoms with Gasteiger partial charge < -0.3 is 5.11 Å². The minimum atomic E-state index is 0.313. The van der Waals surface area contributed by atoms with Crippen LogP contribution in [0.15, 0.2) is 30.3 Å². The zero-order valence-electron chi connectivity index (χ0n) is 8.56. The second-order valence-electron chi connectivity index (χ2n) is 4.15. The third-order valence-corrected chi connectivity index (χ3v) is 3.08. The minimum absolute atomic E-state index is 0.313. The lowest BCUT2D eigenvalue weighted by Gasteiger charge is -2.19. The maximum atomic E-state index is 9.12. The van der Waals surface area contributed by atoms with Gasteiger partial charge >= 0.3 is 0 Å². The summed E-state index contributed by atoms with van der Waals surface area (Å²) in [5, 5.41) is 9.12. The number of nitrogens with zero attached hydrogens (tertiary/aromatic N) is 1. The minimum Gasteiger partial charge on any atom is -0.396 e. The molecule has 1 heterocycles. The van der Waals surface area contributed by atoms with Crippen molar-refractivity contribution >= 4 is 0 Å². The van der Waals surface area contributed by atoms with E-state index in [4.69, 9.17) is 5.11 Å². The van der Waals surface area contributed by atoms with Crippen LogP contribution in [0.5, 0.6) is 0 Å². The van der Waals surface area contributed by atoms with E-state index >= 15 is 0 Å². The highest BCUT2D eigenvalue weighted by Crippen LogP contribution is 2.33. The largest absolute Gasteiger partial charge is 0.396 e. The van der Waals surface area contributed by atoms with Crippen LogP contribution in [-0.4, -0.2) is 30.2 Å². The Balaban J connectivity index is 2.13. The van der Waals surface area contributed by atoms with Gasteiger partial charge in [0.15, 0.2) is 0 Å². The summed E-state index contributed by atoms with van der Waals surface area (Å²) < 4.78 is 0. The van der Waals surface area contributed by atoms with Gasteiger partial charge in [-0.25, -0.2) is 0 Å². The first kappa shape index (κ1) is 9.69. The highest BCUT2D eigenvalue weighted by atomic mass is 16.3. The molecule has 1 aromatic carbocycles. The Morgan fingerprint density at radius 3 is 2.64 bits per heavy atom. The van der Waals surface area contributed by atoms with Crippen LogP contribution >= 0.6 is 0 Å². The van der Waals surface area contributed by atoms with Gasteiger partial charge in [-0.1, -0.05) is 30.3 Å². The third kappa shape index (κ3) is 1.81. The highest BCUT2D eigenvalue weighted by molar-refractivity contribution is 5.20. The molecule has 0 radical (unpaired) electrons. The van der Waals surface area contributed by atoms with Gasteiger partial charge in [-0.3, -0.25) is 4.90 Å². The zero-order valence-corrected chi connectivity index (χ0v) is 8.56. The van der Waals surface area contributed by atoms with E-state index in [1.165, 1.54) is 5.56 Å². The number of hydrogen-bond donors (Lipinski definition) is 1. The molecule has 0 aliphatic carbocycles. The van der Waals surface area contributed by atoms with Gasteiger partial charge in [0.2, 0.25) is 0 Å². The second-order valence-corrected chi connectivity index (χ2v) is 4.15. The summed E-state index contributed by atoms with van der Waals surface area (Å²) in [6.07, 6.45) is 1.08. The van der Waals surface area contributed by atoms with Crippen molar-refractivity contribution in [2.45, 2.75) is 12.5 Å². The standard InChI is InChI=1S/C12H17NO/c1-13-8-10(9-14)7-12(13)11-5-3-2-4-6-11/h2-6,10,12,14H,7-9H2,1H3/t10-,12+/m0/s1. The summed E-state index contributed by atoms with van der Waals surface area (Å²) in [4.78, 5) is 2.33. The maximum absolute atomic E-state index is 9.12. The summed E-state index contributed by atoms with van der Waals surface area (Å²) in [6.45, 7) is 1.32. The van der Waals surface area contributed by atoms with Crippen LogP contribution in [0.25, 0.3) is 0 Å². The number of likely N-dealkylation sites (tertiary alicyclic amines) is 1. The van der Waals surface area contributed by atoms with Gasteiger partial charge in [-0.2, -0.15) is 0 Å². The first-order chi connectivity index (χ1) is 6.81. The molecule has 1 aromatic rings. The van der Waals surface area contributed by atoms with Crippen molar-refractivity contribution in [3.63, 3.8) is 0 Å². The Morgan fingerprint density at radius 2 is 2.07 bits per heavy atom. The van der Waals surface area contributed by atoms with Crippen LogP contribution in [0.1, 0.15) is 18.0 Å². The van der Waals surface area contributed by atoms with Crippen LogP contribution in [-0.2, 0) is 0 Å². The van der Waals surface area contributed by atoms with Crippen LogP contribution in [0.4, 0.5) is 0 Å². The third-order valence-electron chi connectivity index (χ3n) is 3.08. The van der Waals surface area contributed by atoms with E-state index in [2.05, 4.69) is 36.2 Å². The lowest BCUT2D eigenvalue weighted by atomic mass is 10.0. The predicted octanol–water partition coefficient (Wildman–Crippen LogP) is 1.67. The Bertz CT molecular complexity index is 286. The molecule has 1 N–H and O–H groups in total. The monoisotopic (exact) mass is 191 g/mol. The number of benzene rings is 1. The molecular weight excluding hydrogens is 174 g/mol. The molecule has 2 rings (SSSR count). The number of rotatable bonds is 2. The molecule has 1 aliphatic rings. The molecule has 1 saturated heterocycles. The number of aliphatic hydroxyl groups is 1. The average Bonchev–Trinajstić information content (AvgIpc) is 2.61. The summed E-state index contributed by atoms with van der Waals surface area (Å²) in [6, 6.07) is 11.0. The summed E-state index contributed by atoms with van der Waals surface area (Å²) in [5.74, 6) is 0.449. The lowest BCUT2D eigenvalue weighted by molar-refractivity contribution is 0.227. The Hall–Kier alpha value is -0.860. The molecule has 2 heteroatoms. The summed E-state index contributed by atoms with van der Waals surface area (Å²) in [7, 11) is 2.13. The first-order valence-corrected chi connectivity index (χ1v) is 5.17. The van der Waals surface area contributed by atoms with Crippen molar-refractivity contribution in [2.75, 3.05) is 20.2 Å². The van der Waals surface area contributed by atoms with Crippen molar-refractivity contribution in [3.05, 3.63) is 35.9 Å². The zero-order chi connectivity index (χ0) is 9.97. The van der Waals surface area contributed by atoms with Crippen molar-refractivity contribution in [1.29, 1.82) is 0 Å². The van der Waals surface area contributed by atoms with Gasteiger partial charge in [0.1, 0.15) is 0 Å². The van der Waals surface area contributed by atoms with Crippen LogP contribution < -0.4 is 0 Å². The molecule has 76 valence electrons. The lowest BCUT2D eigenvalue weighted by Crippen LogP contribution is -2.18. The van der Waals surface area contributed by atoms with Gasteiger partial charge in [-0.15, -0.1) is 0 Å². The van der Waals surface area contributed by atoms with Crippen molar-refractivity contribution < 1.29 is 5.11 Å².